The molecule has 1 N–H and O–H groups in total. The van der Waals surface area contributed by atoms with Crippen molar-refractivity contribution in [1.29, 1.82) is 0 Å². The van der Waals surface area contributed by atoms with Crippen molar-refractivity contribution < 1.29 is 23.8 Å². The zero-order valence-electron chi connectivity index (χ0n) is 23.1. The van der Waals surface area contributed by atoms with Crippen molar-refractivity contribution in [3.8, 4) is 11.5 Å². The van der Waals surface area contributed by atoms with Crippen molar-refractivity contribution in [3.05, 3.63) is 60.5 Å². The highest BCUT2D eigenvalue weighted by molar-refractivity contribution is 6.34. The average Bonchev–Trinajstić information content (AvgIpc) is 3.40. The topological polar surface area (TPSA) is 106 Å². The van der Waals surface area contributed by atoms with E-state index in [9.17, 15) is 9.59 Å². The number of benzene rings is 2. The van der Waals surface area contributed by atoms with Gasteiger partial charge in [-0.15, -0.1) is 0 Å². The molecule has 2 aliphatic rings. The Hall–Kier alpha value is -4.28. The van der Waals surface area contributed by atoms with Gasteiger partial charge in [-0.1, -0.05) is 0 Å². The summed E-state index contributed by atoms with van der Waals surface area (Å²) in [5, 5.41) is 4.10. The fraction of sp³-hybridized carbons (Fsp3) is 0.333. The first kappa shape index (κ1) is 27.3. The molecule has 0 radical (unpaired) electrons. The Balaban J connectivity index is 1.55. The zero-order chi connectivity index (χ0) is 28.2. The van der Waals surface area contributed by atoms with Gasteiger partial charge in [0.05, 0.1) is 19.2 Å². The lowest BCUT2D eigenvalue weighted by Gasteiger charge is -2.28. The minimum absolute atomic E-state index is 0.227. The second-order valence-electron chi connectivity index (χ2n) is 9.91. The molecule has 40 heavy (non-hydrogen) atoms. The number of hydrogen-bond acceptors (Lipinski definition) is 10. The van der Waals surface area contributed by atoms with Crippen molar-refractivity contribution >= 4 is 45.2 Å². The van der Waals surface area contributed by atoms with Gasteiger partial charge >= 0.3 is 0 Å². The highest BCUT2D eigenvalue weighted by atomic mass is 16.5. The number of rotatable bonds is 10. The molecule has 10 heteroatoms. The summed E-state index contributed by atoms with van der Waals surface area (Å²) in [6.07, 6.45) is 6.52. The van der Waals surface area contributed by atoms with Gasteiger partial charge in [-0.3, -0.25) is 9.59 Å². The van der Waals surface area contributed by atoms with Crippen LogP contribution in [0.3, 0.4) is 0 Å². The third kappa shape index (κ3) is 5.68. The second-order valence-corrected chi connectivity index (χ2v) is 9.91. The molecule has 1 saturated heterocycles. The molecule has 0 amide bonds. The van der Waals surface area contributed by atoms with Gasteiger partial charge in [-0.2, -0.15) is 0 Å². The van der Waals surface area contributed by atoms with Crippen LogP contribution < -0.4 is 19.7 Å². The van der Waals surface area contributed by atoms with Gasteiger partial charge in [0, 0.05) is 60.7 Å². The van der Waals surface area contributed by atoms with E-state index >= 15 is 0 Å². The van der Waals surface area contributed by atoms with Crippen LogP contribution in [-0.2, 0) is 14.3 Å². The molecule has 1 aliphatic carbocycles. The van der Waals surface area contributed by atoms with E-state index in [4.69, 9.17) is 14.2 Å². The molecule has 0 bridgehead atoms. The van der Waals surface area contributed by atoms with Crippen molar-refractivity contribution in [2.24, 2.45) is 0 Å². The van der Waals surface area contributed by atoms with Gasteiger partial charge < -0.3 is 29.3 Å². The minimum Gasteiger partial charge on any atom is -0.493 e. The number of fused-ring (bicyclic) bond motifs is 1. The first-order valence-corrected chi connectivity index (χ1v) is 13.1. The summed E-state index contributed by atoms with van der Waals surface area (Å²) in [7, 11) is 7.37. The number of carbonyl (C=O) groups excluding carboxylic acids is 2. The number of likely N-dealkylation sites (tertiary alicyclic amines) is 1. The lowest BCUT2D eigenvalue weighted by atomic mass is 9.94. The molecule has 2 heterocycles. The molecule has 1 fully saturated rings. The predicted molar refractivity (Wildman–Crippen MR) is 155 cm³/mol. The van der Waals surface area contributed by atoms with Crippen LogP contribution in [0, 0.1) is 0 Å². The maximum absolute atomic E-state index is 12.9. The Morgan fingerprint density at radius 3 is 2.67 bits per heavy atom. The summed E-state index contributed by atoms with van der Waals surface area (Å²) < 4.78 is 16.5. The minimum atomic E-state index is -0.227. The van der Waals surface area contributed by atoms with E-state index in [1.807, 2.05) is 24.3 Å². The van der Waals surface area contributed by atoms with Crippen LogP contribution in [0.15, 0.2) is 54.9 Å². The average molecular weight is 544 g/mol. The molecule has 5 rings (SSSR count). The van der Waals surface area contributed by atoms with E-state index in [-0.39, 0.29) is 11.6 Å². The monoisotopic (exact) mass is 543 g/mol. The molecule has 1 aliphatic heterocycles. The van der Waals surface area contributed by atoms with Crippen molar-refractivity contribution in [2.75, 3.05) is 64.8 Å². The Morgan fingerprint density at radius 2 is 1.93 bits per heavy atom. The summed E-state index contributed by atoms with van der Waals surface area (Å²) in [6, 6.07) is 9.86. The third-order valence-electron chi connectivity index (χ3n) is 7.28. The SMILES string of the molecule is COCCOc1cc2ncnc(Nc3ccc(N(C)C4CCN(C)C4)cc3C3=CC(=O)C=CC3=O)c2cc1OC. The largest absolute Gasteiger partial charge is 0.493 e. The molecule has 10 nitrogen and oxygen atoms in total. The van der Waals surface area contributed by atoms with Crippen LogP contribution >= 0.6 is 0 Å². The lowest BCUT2D eigenvalue weighted by molar-refractivity contribution is -0.113. The number of aromatic nitrogens is 2. The summed E-state index contributed by atoms with van der Waals surface area (Å²) in [5.74, 6) is 1.15. The molecule has 3 aromatic rings. The van der Waals surface area contributed by atoms with Crippen molar-refractivity contribution in [3.63, 3.8) is 0 Å². The summed E-state index contributed by atoms with van der Waals surface area (Å²) in [4.78, 5) is 38.7. The number of methoxy groups -OCH3 is 2. The molecule has 1 unspecified atom stereocenters. The number of allylic oxidation sites excluding steroid dienone is 4. The predicted octanol–water partition coefficient (Wildman–Crippen LogP) is 3.64. The number of nitrogens with one attached hydrogen (secondary N) is 1. The molecule has 2 aromatic carbocycles. The van der Waals surface area contributed by atoms with Gasteiger partial charge in [0.25, 0.3) is 0 Å². The molecule has 0 spiro atoms. The van der Waals surface area contributed by atoms with Crippen LogP contribution in [0.1, 0.15) is 12.0 Å². The van der Waals surface area contributed by atoms with Crippen LogP contribution in [0.4, 0.5) is 17.2 Å². The molecular formula is C30H33N5O5. The van der Waals surface area contributed by atoms with E-state index < -0.39 is 0 Å². The highest BCUT2D eigenvalue weighted by Crippen LogP contribution is 2.37. The fourth-order valence-corrected chi connectivity index (χ4v) is 5.04. The maximum Gasteiger partial charge on any atom is 0.186 e. The number of carbonyl (C=O) groups is 2. The number of likely N-dealkylation sites (N-methyl/N-ethyl adjacent to an activating group) is 2. The highest BCUT2D eigenvalue weighted by Gasteiger charge is 2.26. The van der Waals surface area contributed by atoms with E-state index in [1.54, 1.807) is 20.3 Å². The van der Waals surface area contributed by atoms with Gasteiger partial charge in [-0.05, 0) is 62.5 Å². The number of nitrogens with zero attached hydrogens (tertiary/aromatic N) is 4. The molecule has 208 valence electrons. The van der Waals surface area contributed by atoms with Gasteiger partial charge in [0.2, 0.25) is 0 Å². The van der Waals surface area contributed by atoms with E-state index in [1.165, 1.54) is 24.6 Å². The summed E-state index contributed by atoms with van der Waals surface area (Å²) >= 11 is 0. The number of hydrogen-bond donors (Lipinski definition) is 1. The van der Waals surface area contributed by atoms with Gasteiger partial charge in [0.1, 0.15) is 18.8 Å². The van der Waals surface area contributed by atoms with Crippen LogP contribution in [0.25, 0.3) is 16.5 Å². The zero-order valence-corrected chi connectivity index (χ0v) is 23.1. The molecule has 1 atom stereocenters. The van der Waals surface area contributed by atoms with E-state index in [2.05, 4.69) is 39.2 Å². The Morgan fingerprint density at radius 1 is 1.07 bits per heavy atom. The molecule has 0 saturated carbocycles. The maximum atomic E-state index is 12.9. The normalized spacial score (nSPS) is 17.3. The quantitative estimate of drug-likeness (QED) is 0.301. The first-order valence-electron chi connectivity index (χ1n) is 13.1. The second kappa shape index (κ2) is 11.8. The van der Waals surface area contributed by atoms with Crippen molar-refractivity contribution in [1.82, 2.24) is 14.9 Å². The number of anilines is 3. The number of ether oxygens (including phenoxy) is 3. The summed E-state index contributed by atoms with van der Waals surface area (Å²) in [6.45, 7) is 2.80. The third-order valence-corrected chi connectivity index (χ3v) is 7.28. The van der Waals surface area contributed by atoms with Crippen LogP contribution in [-0.4, -0.2) is 87.1 Å². The Bertz CT molecular complexity index is 1500. The summed E-state index contributed by atoms with van der Waals surface area (Å²) in [5.41, 5.74) is 3.21. The Labute approximate surface area is 233 Å². The molecular weight excluding hydrogens is 510 g/mol. The first-order chi connectivity index (χ1) is 19.4. The standard InChI is InChI=1S/C30H33N5O5/c1-34-10-9-20(17-34)35(2)19-5-7-25(22(13-19)23-14-21(36)6-8-27(23)37)33-30-24-15-28(39-4)29(40-12-11-38-3)16-26(24)31-18-32-30/h5-8,13-16,18,20H,9-12,17H2,1-4H3,(H,31,32,33). The van der Waals surface area contributed by atoms with Crippen LogP contribution in [0.5, 0.6) is 11.5 Å². The number of ketones is 2. The lowest BCUT2D eigenvalue weighted by Crippen LogP contribution is -2.33. The smallest absolute Gasteiger partial charge is 0.186 e. The van der Waals surface area contributed by atoms with Crippen molar-refractivity contribution in [2.45, 2.75) is 12.5 Å². The Kier molecular flexibility index (Phi) is 8.09. The van der Waals surface area contributed by atoms with Crippen LogP contribution in [0.2, 0.25) is 0 Å². The van der Waals surface area contributed by atoms with Gasteiger partial charge in [-0.25, -0.2) is 9.97 Å². The van der Waals surface area contributed by atoms with E-state index in [0.717, 1.165) is 25.2 Å². The van der Waals surface area contributed by atoms with E-state index in [0.29, 0.717) is 64.3 Å². The van der Waals surface area contributed by atoms with Gasteiger partial charge in [0.15, 0.2) is 23.1 Å². The fourth-order valence-electron chi connectivity index (χ4n) is 5.04. The molecule has 1 aromatic heterocycles.